The molecule has 0 amide bonds. The van der Waals surface area contributed by atoms with Crippen LogP contribution in [0.3, 0.4) is 0 Å². The van der Waals surface area contributed by atoms with E-state index >= 15 is 0 Å². The minimum absolute atomic E-state index is 0.125. The molecule has 3 aromatic rings. The molecule has 0 saturated heterocycles. The first-order valence-electron chi connectivity index (χ1n) is 13.4. The van der Waals surface area contributed by atoms with Crippen LogP contribution in [0.1, 0.15) is 28.4 Å². The maximum Gasteiger partial charge on any atom is 0.184 e. The van der Waals surface area contributed by atoms with E-state index in [0.29, 0.717) is 13.2 Å². The summed E-state index contributed by atoms with van der Waals surface area (Å²) in [6.45, 7) is 23.6. The summed E-state index contributed by atoms with van der Waals surface area (Å²) in [5.74, 6) is 0. The third-order valence-corrected chi connectivity index (χ3v) is 12.8. The van der Waals surface area contributed by atoms with Gasteiger partial charge in [-0.15, -0.1) is 0 Å². The van der Waals surface area contributed by atoms with Crippen LogP contribution in [0.5, 0.6) is 0 Å². The van der Waals surface area contributed by atoms with Crippen molar-refractivity contribution in [2.45, 2.75) is 84.7 Å². The molecule has 5 heteroatoms. The summed E-state index contributed by atoms with van der Waals surface area (Å²) in [5, 5.41) is 3.36. The normalized spacial score (nSPS) is 17.5. The molecule has 1 heterocycles. The lowest BCUT2D eigenvalue weighted by atomic mass is 9.78. The zero-order chi connectivity index (χ0) is 26.0. The Bertz CT molecular complexity index is 1320. The van der Waals surface area contributed by atoms with Crippen molar-refractivity contribution < 1.29 is 9.16 Å². The van der Waals surface area contributed by atoms with Gasteiger partial charge in [0.1, 0.15) is 0 Å². The minimum Gasteiger partial charge on any atom is -0.410 e. The van der Waals surface area contributed by atoms with Gasteiger partial charge in [-0.1, -0.05) is 98.2 Å². The first-order valence-corrected chi connectivity index (χ1v) is 23.8. The Kier molecular flexibility index (Phi) is 6.40. The summed E-state index contributed by atoms with van der Waals surface area (Å²) < 4.78 is 13.4. The van der Waals surface area contributed by atoms with Gasteiger partial charge in [0.15, 0.2) is 8.32 Å². The lowest BCUT2D eigenvalue weighted by molar-refractivity contribution is 0.110. The molecule has 1 aliphatic carbocycles. The summed E-state index contributed by atoms with van der Waals surface area (Å²) in [5.41, 5.74) is 11.3. The molecule has 1 aliphatic heterocycles. The summed E-state index contributed by atoms with van der Waals surface area (Å²) >= 11 is 0. The molecule has 0 fully saturated rings. The molecule has 2 nitrogen and oxygen atoms in total. The Balaban J connectivity index is 1.98. The van der Waals surface area contributed by atoms with Gasteiger partial charge in [0, 0.05) is 6.42 Å². The molecule has 1 atom stereocenters. The molecule has 0 radical (unpaired) electrons. The maximum atomic E-state index is 6.93. The number of rotatable bonds is 4. The number of ether oxygens (including phenoxy) is 1. The highest BCUT2D eigenvalue weighted by Crippen LogP contribution is 2.48. The molecule has 0 N–H and O–H groups in total. The van der Waals surface area contributed by atoms with Crippen LogP contribution in [0.15, 0.2) is 48.5 Å². The number of benzene rings is 3. The van der Waals surface area contributed by atoms with Crippen molar-refractivity contribution >= 4 is 34.8 Å². The highest BCUT2D eigenvalue weighted by atomic mass is 28.4. The maximum absolute atomic E-state index is 6.93. The summed E-state index contributed by atoms with van der Waals surface area (Å²) in [6.07, 6.45) is 1.10. The van der Waals surface area contributed by atoms with Crippen LogP contribution in [0, 0.1) is 0 Å². The van der Waals surface area contributed by atoms with Crippen molar-refractivity contribution in [3.05, 3.63) is 70.8 Å². The van der Waals surface area contributed by atoms with Gasteiger partial charge in [-0.25, -0.2) is 0 Å². The SMILES string of the molecule is C[Si](C)(C)OC1Cc2c(c3c(c([Si](C)(C)C)c2[Si](C)(C)C)COCc2ccccc2-3)-c2ccccc21. The average molecular weight is 531 g/mol. The summed E-state index contributed by atoms with van der Waals surface area (Å²) in [7, 11) is -5.16. The van der Waals surface area contributed by atoms with Gasteiger partial charge in [-0.2, -0.15) is 0 Å². The smallest absolute Gasteiger partial charge is 0.184 e. The molecule has 0 bridgehead atoms. The van der Waals surface area contributed by atoms with Crippen molar-refractivity contribution in [1.82, 2.24) is 0 Å². The number of hydrogen-bond donors (Lipinski definition) is 0. The number of fused-ring (bicyclic) bond motifs is 7. The van der Waals surface area contributed by atoms with Crippen molar-refractivity contribution in [3.8, 4) is 22.3 Å². The van der Waals surface area contributed by atoms with E-state index < -0.39 is 24.5 Å². The lowest BCUT2D eigenvalue weighted by Gasteiger charge is -2.41. The quantitative estimate of drug-likeness (QED) is 0.324. The van der Waals surface area contributed by atoms with E-state index in [2.05, 4.69) is 107 Å². The van der Waals surface area contributed by atoms with Gasteiger partial charge in [0.05, 0.1) is 35.5 Å². The molecule has 0 saturated carbocycles. The van der Waals surface area contributed by atoms with Crippen molar-refractivity contribution in [2.75, 3.05) is 0 Å². The predicted molar refractivity (Wildman–Crippen MR) is 163 cm³/mol. The molecular formula is C31H42O2Si3. The van der Waals surface area contributed by atoms with Crippen LogP contribution >= 0.6 is 0 Å². The standard InChI is InChI=1S/C31H42O2Si3/c1-34(2,3)30-25-18-27(33-36(7,8)9)23-16-12-13-17-24(23)29(25)28-22-15-11-10-14-21(22)19-32-20-26(28)31(30)35(4,5)6/h10-17,27H,18-20H2,1-9H3. The van der Waals surface area contributed by atoms with Crippen LogP contribution in [0.2, 0.25) is 58.9 Å². The van der Waals surface area contributed by atoms with Gasteiger partial charge < -0.3 is 9.16 Å². The summed E-state index contributed by atoms with van der Waals surface area (Å²) in [6, 6.07) is 18.0. The van der Waals surface area contributed by atoms with Crippen molar-refractivity contribution in [2.24, 2.45) is 0 Å². The van der Waals surface area contributed by atoms with Crippen LogP contribution in [-0.4, -0.2) is 24.5 Å². The van der Waals surface area contributed by atoms with Gasteiger partial charge in [0.25, 0.3) is 0 Å². The van der Waals surface area contributed by atoms with Crippen LogP contribution < -0.4 is 10.4 Å². The third kappa shape index (κ3) is 4.54. The highest BCUT2D eigenvalue weighted by Gasteiger charge is 2.41. The Morgan fingerprint density at radius 1 is 0.667 bits per heavy atom. The summed E-state index contributed by atoms with van der Waals surface area (Å²) in [4.78, 5) is 0. The van der Waals surface area contributed by atoms with E-state index in [0.717, 1.165) is 6.42 Å². The zero-order valence-electron chi connectivity index (χ0n) is 23.6. The first-order chi connectivity index (χ1) is 16.8. The van der Waals surface area contributed by atoms with E-state index in [4.69, 9.17) is 9.16 Å². The molecule has 2 aliphatic rings. The fraction of sp³-hybridized carbons (Fsp3) is 0.419. The Hall–Kier alpha value is -1.77. The van der Waals surface area contributed by atoms with Crippen LogP contribution in [0.4, 0.5) is 0 Å². The van der Waals surface area contributed by atoms with Gasteiger partial charge in [0.2, 0.25) is 0 Å². The average Bonchev–Trinajstić information content (AvgIpc) is 2.95. The Morgan fingerprint density at radius 3 is 1.86 bits per heavy atom. The van der Waals surface area contributed by atoms with E-state index in [9.17, 15) is 0 Å². The second kappa shape index (κ2) is 8.91. The first kappa shape index (κ1) is 25.9. The molecule has 1 unspecified atom stereocenters. The van der Waals surface area contributed by atoms with Gasteiger partial charge in [-0.05, 0) is 64.1 Å². The Labute approximate surface area is 221 Å². The van der Waals surface area contributed by atoms with Gasteiger partial charge >= 0.3 is 0 Å². The monoisotopic (exact) mass is 530 g/mol. The van der Waals surface area contributed by atoms with Crippen molar-refractivity contribution in [1.29, 1.82) is 0 Å². The van der Waals surface area contributed by atoms with E-state index in [1.807, 2.05) is 0 Å². The molecule has 5 rings (SSSR count). The largest absolute Gasteiger partial charge is 0.410 e. The molecule has 190 valence electrons. The molecule has 3 aromatic carbocycles. The lowest BCUT2D eigenvalue weighted by Crippen LogP contribution is -2.60. The number of hydrogen-bond acceptors (Lipinski definition) is 2. The second-order valence-electron chi connectivity index (χ2n) is 13.6. The van der Waals surface area contributed by atoms with Gasteiger partial charge in [-0.3, -0.25) is 0 Å². The fourth-order valence-electron chi connectivity index (χ4n) is 6.44. The molecular weight excluding hydrogens is 489 g/mol. The predicted octanol–water partition coefficient (Wildman–Crippen LogP) is 7.59. The minimum atomic E-state index is -1.74. The molecule has 0 aromatic heterocycles. The zero-order valence-corrected chi connectivity index (χ0v) is 26.6. The highest BCUT2D eigenvalue weighted by molar-refractivity contribution is 6.99. The molecule has 36 heavy (non-hydrogen) atoms. The second-order valence-corrected chi connectivity index (χ2v) is 28.1. The van der Waals surface area contributed by atoms with E-state index in [1.165, 1.54) is 38.9 Å². The van der Waals surface area contributed by atoms with E-state index in [1.54, 1.807) is 15.9 Å². The van der Waals surface area contributed by atoms with Crippen LogP contribution in [0.25, 0.3) is 22.3 Å². The topological polar surface area (TPSA) is 18.5 Å². The third-order valence-electron chi connectivity index (χ3n) is 7.46. The van der Waals surface area contributed by atoms with Crippen molar-refractivity contribution in [3.63, 3.8) is 0 Å². The van der Waals surface area contributed by atoms with E-state index in [-0.39, 0.29) is 6.10 Å². The fourth-order valence-corrected chi connectivity index (χ4v) is 13.8. The molecule has 0 spiro atoms. The Morgan fingerprint density at radius 2 is 1.22 bits per heavy atom. The van der Waals surface area contributed by atoms with Crippen LogP contribution in [-0.2, 0) is 28.8 Å².